The molecular formula is C26H29F3N6O2. The first-order valence-corrected chi connectivity index (χ1v) is 12.0. The van der Waals surface area contributed by atoms with E-state index in [-0.39, 0.29) is 25.3 Å². The molecule has 1 fully saturated rings. The molecule has 4 aromatic rings. The average Bonchev–Trinajstić information content (AvgIpc) is 3.38. The lowest BCUT2D eigenvalue weighted by atomic mass is 10.0. The van der Waals surface area contributed by atoms with Crippen molar-refractivity contribution in [2.45, 2.75) is 50.6 Å². The number of benzene rings is 1. The van der Waals surface area contributed by atoms with Gasteiger partial charge in [0.05, 0.1) is 11.1 Å². The van der Waals surface area contributed by atoms with Gasteiger partial charge in [-0.1, -0.05) is 12.1 Å². The third-order valence-electron chi connectivity index (χ3n) is 6.44. The van der Waals surface area contributed by atoms with E-state index in [0.717, 1.165) is 5.39 Å². The second kappa shape index (κ2) is 8.93. The van der Waals surface area contributed by atoms with Crippen LogP contribution in [0.3, 0.4) is 0 Å². The number of pyridine rings is 2. The van der Waals surface area contributed by atoms with Gasteiger partial charge in [0.25, 0.3) is 0 Å². The minimum atomic E-state index is -4.48. The minimum Gasteiger partial charge on any atom is -0.491 e. The van der Waals surface area contributed by atoms with Crippen LogP contribution in [0.25, 0.3) is 28.1 Å². The number of aliphatic hydroxyl groups is 1. The van der Waals surface area contributed by atoms with Crippen LogP contribution in [0, 0.1) is 0 Å². The van der Waals surface area contributed by atoms with E-state index < -0.39 is 23.4 Å². The molecule has 3 aromatic heterocycles. The van der Waals surface area contributed by atoms with E-state index in [4.69, 9.17) is 10.5 Å². The Morgan fingerprint density at radius 1 is 1.14 bits per heavy atom. The van der Waals surface area contributed by atoms with E-state index in [1.165, 1.54) is 27.6 Å². The number of ether oxygens (including phenoxy) is 1. The molecule has 0 aliphatic carbocycles. The van der Waals surface area contributed by atoms with Gasteiger partial charge in [0, 0.05) is 36.3 Å². The molecule has 0 amide bonds. The molecular weight excluding hydrogens is 485 g/mol. The molecule has 196 valence electrons. The Kier molecular flexibility index (Phi) is 6.12. The number of aromatic nitrogens is 4. The number of hydrogen-bond donors (Lipinski definition) is 2. The molecule has 2 atom stereocenters. The number of hydrogen-bond acceptors (Lipinski definition) is 7. The maximum absolute atomic E-state index is 14.2. The second-order valence-electron chi connectivity index (χ2n) is 10.7. The quantitative estimate of drug-likeness (QED) is 0.399. The van der Waals surface area contributed by atoms with Gasteiger partial charge in [-0.15, -0.1) is 10.2 Å². The van der Waals surface area contributed by atoms with Crippen LogP contribution >= 0.6 is 0 Å². The Hall–Kier alpha value is -3.28. The number of likely N-dealkylation sites (tertiary alicyclic amines) is 1. The largest absolute Gasteiger partial charge is 0.491 e. The summed E-state index contributed by atoms with van der Waals surface area (Å²) in [5.41, 5.74) is 6.04. The van der Waals surface area contributed by atoms with Gasteiger partial charge in [-0.2, -0.15) is 13.2 Å². The van der Waals surface area contributed by atoms with Crippen LogP contribution in [0.4, 0.5) is 13.2 Å². The molecule has 37 heavy (non-hydrogen) atoms. The van der Waals surface area contributed by atoms with E-state index >= 15 is 0 Å². The summed E-state index contributed by atoms with van der Waals surface area (Å²) in [6.45, 7) is 5.58. The Morgan fingerprint density at radius 3 is 2.57 bits per heavy atom. The summed E-state index contributed by atoms with van der Waals surface area (Å²) in [5.74, 6) is 0.866. The van der Waals surface area contributed by atoms with Gasteiger partial charge in [0.1, 0.15) is 24.1 Å². The first-order valence-electron chi connectivity index (χ1n) is 12.0. The topological polar surface area (TPSA) is 102 Å². The SMILES string of the molecule is CC(C)(O)COc1ccc2ccc(-c3nnc4ccc(C(N5CCC(C)(N)C5)C(F)(F)F)cn34)nc2c1. The van der Waals surface area contributed by atoms with Crippen molar-refractivity contribution in [1.29, 1.82) is 0 Å². The maximum atomic E-state index is 14.2. The van der Waals surface area contributed by atoms with Crippen molar-refractivity contribution in [3.05, 3.63) is 54.2 Å². The van der Waals surface area contributed by atoms with Crippen molar-refractivity contribution >= 4 is 16.6 Å². The number of rotatable bonds is 6. The molecule has 1 aliphatic rings. The summed E-state index contributed by atoms with van der Waals surface area (Å²) in [6, 6.07) is 10.2. The Balaban J connectivity index is 1.52. The average molecular weight is 515 g/mol. The predicted molar refractivity (Wildman–Crippen MR) is 133 cm³/mol. The molecule has 0 radical (unpaired) electrons. The van der Waals surface area contributed by atoms with Crippen molar-refractivity contribution in [3.63, 3.8) is 0 Å². The van der Waals surface area contributed by atoms with Crippen molar-refractivity contribution < 1.29 is 23.0 Å². The lowest BCUT2D eigenvalue weighted by molar-refractivity contribution is -0.184. The van der Waals surface area contributed by atoms with E-state index in [1.807, 2.05) is 12.1 Å². The highest BCUT2D eigenvalue weighted by molar-refractivity contribution is 5.82. The fourth-order valence-corrected chi connectivity index (χ4v) is 4.66. The number of halogens is 3. The summed E-state index contributed by atoms with van der Waals surface area (Å²) < 4.78 is 49.9. The van der Waals surface area contributed by atoms with Crippen molar-refractivity contribution in [2.24, 2.45) is 5.73 Å². The summed E-state index contributed by atoms with van der Waals surface area (Å²) >= 11 is 0. The molecule has 0 saturated carbocycles. The smallest absolute Gasteiger partial charge is 0.408 e. The molecule has 4 heterocycles. The van der Waals surface area contributed by atoms with Gasteiger partial charge in [-0.25, -0.2) is 4.98 Å². The van der Waals surface area contributed by atoms with Crippen LogP contribution in [-0.4, -0.2) is 66.6 Å². The van der Waals surface area contributed by atoms with Crippen LogP contribution in [0.5, 0.6) is 5.75 Å². The Labute approximate surface area is 211 Å². The van der Waals surface area contributed by atoms with Crippen molar-refractivity contribution in [2.75, 3.05) is 19.7 Å². The lowest BCUT2D eigenvalue weighted by Crippen LogP contribution is -2.43. The number of fused-ring (bicyclic) bond motifs is 2. The Morgan fingerprint density at radius 2 is 1.89 bits per heavy atom. The van der Waals surface area contributed by atoms with E-state index in [0.29, 0.717) is 34.9 Å². The fourth-order valence-electron chi connectivity index (χ4n) is 4.66. The lowest BCUT2D eigenvalue weighted by Gasteiger charge is -2.31. The zero-order valence-electron chi connectivity index (χ0n) is 20.8. The molecule has 8 nitrogen and oxygen atoms in total. The molecule has 1 aliphatic heterocycles. The highest BCUT2D eigenvalue weighted by Gasteiger charge is 2.48. The molecule has 3 N–H and O–H groups in total. The molecule has 0 spiro atoms. The zero-order chi connectivity index (χ0) is 26.6. The number of nitrogens with two attached hydrogens (primary N) is 1. The van der Waals surface area contributed by atoms with Crippen molar-refractivity contribution in [1.82, 2.24) is 24.5 Å². The van der Waals surface area contributed by atoms with Gasteiger partial charge < -0.3 is 15.6 Å². The van der Waals surface area contributed by atoms with E-state index in [9.17, 15) is 18.3 Å². The molecule has 11 heteroatoms. The molecule has 1 aromatic carbocycles. The number of nitrogens with zero attached hydrogens (tertiary/aromatic N) is 5. The van der Waals surface area contributed by atoms with E-state index in [1.54, 1.807) is 39.0 Å². The fraction of sp³-hybridized carbons (Fsp3) is 0.423. The van der Waals surface area contributed by atoms with Gasteiger partial charge >= 0.3 is 6.18 Å². The number of alkyl halides is 3. The van der Waals surface area contributed by atoms with Crippen LogP contribution in [-0.2, 0) is 0 Å². The van der Waals surface area contributed by atoms with Crippen LogP contribution in [0.2, 0.25) is 0 Å². The van der Waals surface area contributed by atoms with Crippen molar-refractivity contribution in [3.8, 4) is 17.3 Å². The van der Waals surface area contributed by atoms with Gasteiger partial charge in [-0.05, 0) is 57.0 Å². The van der Waals surface area contributed by atoms with E-state index in [2.05, 4.69) is 15.2 Å². The zero-order valence-corrected chi connectivity index (χ0v) is 20.8. The summed E-state index contributed by atoms with van der Waals surface area (Å²) in [5, 5.41) is 19.1. The third kappa shape index (κ3) is 5.39. The maximum Gasteiger partial charge on any atom is 0.408 e. The molecule has 2 unspecified atom stereocenters. The van der Waals surface area contributed by atoms with Crippen LogP contribution in [0.1, 0.15) is 38.8 Å². The molecule has 5 rings (SSSR count). The summed E-state index contributed by atoms with van der Waals surface area (Å²) in [4.78, 5) is 6.06. The first-order chi connectivity index (χ1) is 17.3. The normalized spacial score (nSPS) is 20.1. The minimum absolute atomic E-state index is 0.0850. The molecule has 1 saturated heterocycles. The first kappa shape index (κ1) is 25.4. The highest BCUT2D eigenvalue weighted by Crippen LogP contribution is 2.41. The third-order valence-corrected chi connectivity index (χ3v) is 6.44. The van der Waals surface area contributed by atoms with Crippen LogP contribution in [0.15, 0.2) is 48.7 Å². The standard InChI is InChI=1S/C26H29F3N6O2/c1-24(2,36)15-37-18-7-4-16-5-8-19(31-20(16)12-18)23-33-32-21-9-6-17(13-35(21)23)22(26(27,28)29)34-11-10-25(3,30)14-34/h4-9,12-13,22,36H,10-11,14-15,30H2,1-3H3. The Bertz CT molecular complexity index is 1440. The van der Waals surface area contributed by atoms with Crippen LogP contribution < -0.4 is 10.5 Å². The summed E-state index contributed by atoms with van der Waals surface area (Å²) in [6.07, 6.45) is -2.56. The van der Waals surface area contributed by atoms with Gasteiger partial charge in [0.15, 0.2) is 11.5 Å². The summed E-state index contributed by atoms with van der Waals surface area (Å²) in [7, 11) is 0. The van der Waals surface area contributed by atoms with Gasteiger partial charge in [0.2, 0.25) is 0 Å². The predicted octanol–water partition coefficient (Wildman–Crippen LogP) is 4.12. The monoisotopic (exact) mass is 514 g/mol. The highest BCUT2D eigenvalue weighted by atomic mass is 19.4. The van der Waals surface area contributed by atoms with Gasteiger partial charge in [-0.3, -0.25) is 9.30 Å². The molecule has 0 bridgehead atoms. The second-order valence-corrected chi connectivity index (χ2v) is 10.7.